The van der Waals surface area contributed by atoms with Gasteiger partial charge in [-0.3, -0.25) is 4.98 Å². The molecule has 0 atom stereocenters. The molecule has 0 saturated heterocycles. The van der Waals surface area contributed by atoms with Crippen LogP contribution in [-0.2, 0) is 11.3 Å². The van der Waals surface area contributed by atoms with Gasteiger partial charge in [0.1, 0.15) is 5.69 Å². The molecule has 0 radical (unpaired) electrons. The molecule has 0 aliphatic carbocycles. The lowest BCUT2D eigenvalue weighted by molar-refractivity contribution is 0.192. The van der Waals surface area contributed by atoms with E-state index in [0.29, 0.717) is 12.2 Å². The van der Waals surface area contributed by atoms with E-state index in [0.717, 1.165) is 38.0 Å². The molecule has 1 rings (SSSR count). The summed E-state index contributed by atoms with van der Waals surface area (Å²) in [5.74, 6) is 0.0393. The lowest BCUT2D eigenvalue weighted by atomic mass is 10.1. The van der Waals surface area contributed by atoms with Gasteiger partial charge in [-0.25, -0.2) is 0 Å². The molecule has 0 saturated carbocycles. The van der Waals surface area contributed by atoms with Crippen molar-refractivity contribution >= 4 is 5.84 Å². The van der Waals surface area contributed by atoms with Crippen LogP contribution in [0.5, 0.6) is 0 Å². The number of nitrogens with zero attached hydrogens (tertiary/aromatic N) is 2. The fourth-order valence-electron chi connectivity index (χ4n) is 1.76. The first-order valence-corrected chi connectivity index (χ1v) is 6.41. The third kappa shape index (κ3) is 5.67. The Labute approximate surface area is 113 Å². The summed E-state index contributed by atoms with van der Waals surface area (Å²) in [7, 11) is 1.72. The minimum absolute atomic E-state index is 0.0393. The van der Waals surface area contributed by atoms with Crippen LogP contribution in [0.2, 0.25) is 0 Å². The minimum atomic E-state index is 0.0393. The monoisotopic (exact) mass is 266 g/mol. The lowest BCUT2D eigenvalue weighted by Gasteiger charge is -2.08. The number of oxime groups is 1. The Balaban J connectivity index is 2.33. The van der Waals surface area contributed by atoms with Crippen molar-refractivity contribution in [3.8, 4) is 0 Å². The predicted molar refractivity (Wildman–Crippen MR) is 74.2 cm³/mol. The Kier molecular flexibility index (Phi) is 7.53. The zero-order chi connectivity index (χ0) is 13.9. The highest BCUT2D eigenvalue weighted by atomic mass is 16.5. The molecule has 0 bridgehead atoms. The average Bonchev–Trinajstić information content (AvgIpc) is 2.46. The Bertz CT molecular complexity index is 396. The first kappa shape index (κ1) is 15.4. The van der Waals surface area contributed by atoms with Gasteiger partial charge >= 0.3 is 0 Å². The number of hydrogen-bond donors (Lipinski definition) is 3. The number of rotatable bonds is 9. The number of nitrogens with two attached hydrogens (primary N) is 1. The molecule has 6 nitrogen and oxygen atoms in total. The van der Waals surface area contributed by atoms with E-state index in [2.05, 4.69) is 15.5 Å². The fraction of sp³-hybridized carbons (Fsp3) is 0.538. The molecule has 0 unspecified atom stereocenters. The number of amidine groups is 1. The summed E-state index contributed by atoms with van der Waals surface area (Å²) in [5.41, 5.74) is 7.03. The highest BCUT2D eigenvalue weighted by molar-refractivity contribution is 5.96. The van der Waals surface area contributed by atoms with Crippen LogP contribution in [0.4, 0.5) is 0 Å². The number of methoxy groups -OCH3 is 1. The Hall–Kier alpha value is -1.66. The molecule has 0 spiro atoms. The van der Waals surface area contributed by atoms with E-state index in [1.54, 1.807) is 13.3 Å². The lowest BCUT2D eigenvalue weighted by Crippen LogP contribution is -2.21. The molecule has 1 heterocycles. The van der Waals surface area contributed by atoms with Gasteiger partial charge in [-0.2, -0.15) is 0 Å². The zero-order valence-electron chi connectivity index (χ0n) is 11.3. The second-order valence-electron chi connectivity index (χ2n) is 4.23. The molecule has 0 amide bonds. The fourth-order valence-corrected chi connectivity index (χ4v) is 1.76. The van der Waals surface area contributed by atoms with Crippen molar-refractivity contribution in [3.63, 3.8) is 0 Å². The normalized spacial score (nSPS) is 11.7. The molecule has 0 fully saturated rings. The number of unbranched alkanes of at least 4 members (excludes halogenated alkanes) is 2. The van der Waals surface area contributed by atoms with Gasteiger partial charge in [0.2, 0.25) is 0 Å². The van der Waals surface area contributed by atoms with Crippen LogP contribution in [0.15, 0.2) is 23.5 Å². The van der Waals surface area contributed by atoms with Crippen LogP contribution in [-0.4, -0.2) is 36.3 Å². The molecule has 4 N–H and O–H groups in total. The topological polar surface area (TPSA) is 92.8 Å². The van der Waals surface area contributed by atoms with Crippen LogP contribution in [0, 0.1) is 0 Å². The molecule has 106 valence electrons. The van der Waals surface area contributed by atoms with Gasteiger partial charge in [-0.1, -0.05) is 11.2 Å². The number of ether oxygens (including phenoxy) is 1. The number of nitrogens with one attached hydrogen (secondary N) is 1. The third-order valence-corrected chi connectivity index (χ3v) is 2.76. The van der Waals surface area contributed by atoms with Crippen molar-refractivity contribution in [3.05, 3.63) is 29.6 Å². The molecule has 6 heteroatoms. The summed E-state index contributed by atoms with van der Waals surface area (Å²) in [6, 6.07) is 3.75. The predicted octanol–water partition coefficient (Wildman–Crippen LogP) is 1.08. The van der Waals surface area contributed by atoms with Crippen molar-refractivity contribution in [2.24, 2.45) is 10.9 Å². The molecule has 1 aromatic heterocycles. The number of pyridine rings is 1. The Morgan fingerprint density at radius 3 is 3.05 bits per heavy atom. The van der Waals surface area contributed by atoms with Crippen LogP contribution < -0.4 is 11.1 Å². The van der Waals surface area contributed by atoms with Gasteiger partial charge in [-0.15, -0.1) is 0 Å². The highest BCUT2D eigenvalue weighted by Crippen LogP contribution is 2.05. The van der Waals surface area contributed by atoms with Crippen molar-refractivity contribution in [2.45, 2.75) is 25.8 Å². The van der Waals surface area contributed by atoms with Gasteiger partial charge in [0.15, 0.2) is 5.84 Å². The van der Waals surface area contributed by atoms with Crippen molar-refractivity contribution < 1.29 is 9.94 Å². The van der Waals surface area contributed by atoms with E-state index < -0.39 is 0 Å². The first-order chi connectivity index (χ1) is 9.29. The van der Waals surface area contributed by atoms with Gasteiger partial charge in [0.25, 0.3) is 0 Å². The van der Waals surface area contributed by atoms with E-state index in [-0.39, 0.29) is 5.84 Å². The summed E-state index contributed by atoms with van der Waals surface area (Å²) in [6.07, 6.45) is 4.95. The first-order valence-electron chi connectivity index (χ1n) is 6.41. The van der Waals surface area contributed by atoms with Crippen molar-refractivity contribution in [1.82, 2.24) is 10.3 Å². The average molecular weight is 266 g/mol. The number of hydrogen-bond acceptors (Lipinski definition) is 5. The van der Waals surface area contributed by atoms with E-state index in [1.165, 1.54) is 0 Å². The van der Waals surface area contributed by atoms with Gasteiger partial charge in [0.05, 0.1) is 0 Å². The summed E-state index contributed by atoms with van der Waals surface area (Å²) in [5, 5.41) is 15.0. The highest BCUT2D eigenvalue weighted by Gasteiger charge is 2.07. The van der Waals surface area contributed by atoms with Crippen molar-refractivity contribution in [1.29, 1.82) is 0 Å². The Morgan fingerprint density at radius 1 is 1.47 bits per heavy atom. The van der Waals surface area contributed by atoms with E-state index >= 15 is 0 Å². The molecular formula is C13H22N4O2. The van der Waals surface area contributed by atoms with Gasteiger partial charge in [0, 0.05) is 26.5 Å². The maximum absolute atomic E-state index is 8.70. The molecule has 0 aromatic carbocycles. The van der Waals surface area contributed by atoms with Crippen LogP contribution in [0.25, 0.3) is 0 Å². The van der Waals surface area contributed by atoms with E-state index in [9.17, 15) is 0 Å². The minimum Gasteiger partial charge on any atom is -0.409 e. The summed E-state index contributed by atoms with van der Waals surface area (Å²) < 4.78 is 4.99. The number of aromatic nitrogens is 1. The van der Waals surface area contributed by atoms with Crippen LogP contribution in [0.1, 0.15) is 30.5 Å². The van der Waals surface area contributed by atoms with E-state index in [4.69, 9.17) is 15.7 Å². The maximum atomic E-state index is 8.70. The quantitative estimate of drug-likeness (QED) is 0.204. The second kappa shape index (κ2) is 9.29. The second-order valence-corrected chi connectivity index (χ2v) is 4.23. The zero-order valence-corrected chi connectivity index (χ0v) is 11.3. The van der Waals surface area contributed by atoms with Crippen molar-refractivity contribution in [2.75, 3.05) is 20.3 Å². The van der Waals surface area contributed by atoms with E-state index in [1.807, 2.05) is 12.1 Å². The standard InChI is InChI=1S/C13H22N4O2/c1-19-9-4-2-3-7-15-10-11-6-5-8-16-12(11)13(14)17-18/h5-6,8,15,18H,2-4,7,9-10H2,1H3,(H2,14,17). The van der Waals surface area contributed by atoms with Gasteiger partial charge in [-0.05, 0) is 37.4 Å². The maximum Gasteiger partial charge on any atom is 0.189 e. The molecule has 0 aliphatic rings. The SMILES string of the molecule is COCCCCCNCc1cccnc1/C(N)=N/O. The Morgan fingerprint density at radius 2 is 2.32 bits per heavy atom. The molecule has 1 aromatic rings. The third-order valence-electron chi connectivity index (χ3n) is 2.76. The molecular weight excluding hydrogens is 244 g/mol. The molecule has 19 heavy (non-hydrogen) atoms. The largest absolute Gasteiger partial charge is 0.409 e. The summed E-state index contributed by atoms with van der Waals surface area (Å²) in [4.78, 5) is 4.12. The molecule has 0 aliphatic heterocycles. The van der Waals surface area contributed by atoms with Gasteiger partial charge < -0.3 is 21.0 Å². The summed E-state index contributed by atoms with van der Waals surface area (Å²) in [6.45, 7) is 2.40. The van der Waals surface area contributed by atoms with Crippen LogP contribution >= 0.6 is 0 Å². The summed E-state index contributed by atoms with van der Waals surface area (Å²) >= 11 is 0. The van der Waals surface area contributed by atoms with Crippen LogP contribution in [0.3, 0.4) is 0 Å². The smallest absolute Gasteiger partial charge is 0.189 e.